The average molecular weight is 1570 g/mol. The predicted octanol–water partition coefficient (Wildman–Crippen LogP) is 10.7. The van der Waals surface area contributed by atoms with E-state index in [-0.39, 0.29) is 121 Å². The molecule has 4 amide bonds. The number of carbonyl (C=O) groups excluding carboxylic acids is 12. The van der Waals surface area contributed by atoms with Crippen LogP contribution in [-0.4, -0.2) is 166 Å². The summed E-state index contributed by atoms with van der Waals surface area (Å²) >= 11 is 0. The maximum atomic E-state index is 14.6. The molecule has 2 heterocycles. The first-order valence-corrected chi connectivity index (χ1v) is 37.7. The van der Waals surface area contributed by atoms with E-state index in [1.165, 1.54) is 104 Å². The Labute approximate surface area is 662 Å². The normalized spacial score (nSPS) is 20.6. The number of benzene rings is 8. The first-order valence-electron chi connectivity index (χ1n) is 37.7. The summed E-state index contributed by atoms with van der Waals surface area (Å²) in [5, 5.41) is 10.8. The Balaban J connectivity index is 0.767. The minimum Gasteiger partial charge on any atom is -0.461 e. The number of ether oxygens (including phenoxy) is 12. The van der Waals surface area contributed by atoms with Crippen molar-refractivity contribution in [2.45, 2.75) is 125 Å². The van der Waals surface area contributed by atoms with Gasteiger partial charge in [-0.25, -0.2) is 43.2 Å². The van der Waals surface area contributed by atoms with Crippen LogP contribution in [0.1, 0.15) is 147 Å². The second kappa shape index (κ2) is 41.6. The second-order valence-corrected chi connectivity index (χ2v) is 26.9. The summed E-state index contributed by atoms with van der Waals surface area (Å²) in [4.78, 5) is 167. The van der Waals surface area contributed by atoms with Crippen LogP contribution in [0.25, 0.3) is 0 Å². The standard InChI is InChI=1S/C87H86N4O24/c1-88-66(92)50-27-10-30-53-90-74(94)65(91-86(103)113-85-73(110-80(100)61-43-21-7-22-44-61)71(108-78(98)59-39-17-5-18-40-59)72(109-79(99)60-41-19-6-20-42-60)84(112-85)111-81(101)62-45-23-8-24-46-62)49-28-31-52-89-67(93)51-29-32-54-104-83-68-70(107-77(97)58-37-15-4-16-38-58)69(106-76(96)57-35-13-3-14-36-57)64(55-105-75(95)56-33-11-2-12-34-56)87(68,115-83)114-82(102)63-47-25-9-26-48-63/h2-9,11-26,33-48,64-65,68-73,83-85H,10,27-32,49-55H2,1H3,(H,88,92)(H,89,93)(H,90,94)(H,91,103)/t64?,65-,68?,69?,70?,71?,72?,73?,83?,84?,85?,87?/m0/s1. The summed E-state index contributed by atoms with van der Waals surface area (Å²) in [5.41, 5.74) is 0.524. The van der Waals surface area contributed by atoms with Crippen molar-refractivity contribution in [1.29, 1.82) is 0 Å². The highest BCUT2D eigenvalue weighted by Crippen LogP contribution is 2.58. The van der Waals surface area contributed by atoms with Gasteiger partial charge >= 0.3 is 53.8 Å². The number of rotatable bonds is 37. The van der Waals surface area contributed by atoms with Crippen LogP contribution in [0.3, 0.4) is 0 Å². The molecule has 8 aromatic rings. The van der Waals surface area contributed by atoms with Crippen molar-refractivity contribution in [3.8, 4) is 0 Å². The molecule has 3 fully saturated rings. The third-order valence-corrected chi connectivity index (χ3v) is 19.1. The van der Waals surface area contributed by atoms with Gasteiger partial charge in [-0.05, 0) is 142 Å². The van der Waals surface area contributed by atoms with Crippen molar-refractivity contribution in [1.82, 2.24) is 21.3 Å². The Morgan fingerprint density at radius 2 is 0.739 bits per heavy atom. The molecule has 28 nitrogen and oxygen atoms in total. The lowest BCUT2D eigenvalue weighted by Crippen LogP contribution is -2.66. The van der Waals surface area contributed by atoms with Gasteiger partial charge in [-0.1, -0.05) is 152 Å². The van der Waals surface area contributed by atoms with Gasteiger partial charge in [0.25, 0.3) is 0 Å². The van der Waals surface area contributed by atoms with Crippen LogP contribution in [0.15, 0.2) is 243 Å². The van der Waals surface area contributed by atoms with E-state index in [4.69, 9.17) is 56.8 Å². The maximum absolute atomic E-state index is 14.6. The monoisotopic (exact) mass is 1570 g/mol. The summed E-state index contributed by atoms with van der Waals surface area (Å²) in [6, 6.07) is 61.1. The lowest BCUT2D eigenvalue weighted by Gasteiger charge is -2.51. The number of fused-ring (bicyclic) bond motifs is 1. The molecule has 0 spiro atoms. The van der Waals surface area contributed by atoms with Gasteiger partial charge in [-0.2, -0.15) is 0 Å². The SMILES string of the molecule is CNC(=O)CCCCCNC(=O)[C@H](CCCCNC(=O)CCCCOC1OC2(OC(=O)c3ccccc3)C(COC(=O)c3ccccc3)C(OC(=O)c3ccccc3)C(OC(=O)c3ccccc3)C12)NC(=O)OC1OC(OC(=O)c2ccccc2)C(OC(=O)c2ccccc2)C(OC(=O)c2ccccc2)C1OC(=O)c1ccccc1. The second-order valence-electron chi connectivity index (χ2n) is 26.9. The summed E-state index contributed by atoms with van der Waals surface area (Å²) in [7, 11) is 1.53. The molecule has 598 valence electrons. The Morgan fingerprint density at radius 1 is 0.365 bits per heavy atom. The third kappa shape index (κ3) is 22.7. The molecule has 0 aromatic heterocycles. The zero-order valence-corrected chi connectivity index (χ0v) is 62.6. The first kappa shape index (κ1) is 83.0. The van der Waals surface area contributed by atoms with Crippen LogP contribution >= 0.6 is 0 Å². The molecule has 0 radical (unpaired) electrons. The molecule has 11 unspecified atom stereocenters. The van der Waals surface area contributed by atoms with Gasteiger partial charge < -0.3 is 73.4 Å². The molecular weight excluding hydrogens is 1480 g/mol. The fourth-order valence-corrected chi connectivity index (χ4v) is 13.1. The van der Waals surface area contributed by atoms with E-state index < -0.39 is 139 Å². The van der Waals surface area contributed by atoms with Gasteiger partial charge in [-0.3, -0.25) is 19.1 Å². The number of amides is 4. The molecular formula is C87H86N4O24. The molecule has 28 heteroatoms. The fourth-order valence-electron chi connectivity index (χ4n) is 13.1. The van der Waals surface area contributed by atoms with E-state index in [9.17, 15) is 57.5 Å². The Hall–Kier alpha value is -12.9. The Morgan fingerprint density at radius 3 is 1.20 bits per heavy atom. The number of esters is 8. The molecule has 11 rings (SSSR count). The van der Waals surface area contributed by atoms with Gasteiger partial charge in [-0.15, -0.1) is 0 Å². The molecule has 0 bridgehead atoms. The minimum atomic E-state index is -2.17. The number of unbranched alkanes of at least 4 members (excludes halogenated alkanes) is 4. The topological polar surface area (TPSA) is 364 Å². The van der Waals surface area contributed by atoms with Crippen LogP contribution in [0.5, 0.6) is 0 Å². The summed E-state index contributed by atoms with van der Waals surface area (Å²) < 4.78 is 73.9. The van der Waals surface area contributed by atoms with E-state index in [2.05, 4.69) is 21.3 Å². The zero-order valence-electron chi connectivity index (χ0n) is 62.6. The van der Waals surface area contributed by atoms with Gasteiger partial charge in [0.15, 0.2) is 24.6 Å². The number of hydrogen-bond donors (Lipinski definition) is 4. The lowest BCUT2D eigenvalue weighted by molar-refractivity contribution is -0.434. The van der Waals surface area contributed by atoms with Crippen molar-refractivity contribution in [3.05, 3.63) is 287 Å². The Bertz CT molecular complexity index is 4600. The molecule has 4 N–H and O–H groups in total. The highest BCUT2D eigenvalue weighted by Gasteiger charge is 2.77. The van der Waals surface area contributed by atoms with Crippen molar-refractivity contribution in [3.63, 3.8) is 0 Å². The highest BCUT2D eigenvalue weighted by molar-refractivity contribution is 5.94. The minimum absolute atomic E-state index is 0.00187. The molecule has 8 aromatic carbocycles. The van der Waals surface area contributed by atoms with Crippen LogP contribution < -0.4 is 21.3 Å². The highest BCUT2D eigenvalue weighted by atomic mass is 16.8. The van der Waals surface area contributed by atoms with E-state index >= 15 is 0 Å². The lowest BCUT2D eigenvalue weighted by atomic mass is 9.88. The molecule has 2 saturated heterocycles. The third-order valence-electron chi connectivity index (χ3n) is 19.1. The molecule has 115 heavy (non-hydrogen) atoms. The molecule has 2 aliphatic heterocycles. The quantitative estimate of drug-likeness (QED) is 0.0160. The summed E-state index contributed by atoms with van der Waals surface area (Å²) in [6.07, 6.45) is -13.1. The summed E-state index contributed by atoms with van der Waals surface area (Å²) in [5.74, 6) is -13.3. The first-order chi connectivity index (χ1) is 56.0. The van der Waals surface area contributed by atoms with Crippen molar-refractivity contribution in [2.24, 2.45) is 11.8 Å². The number of alkyl carbamates (subject to hydrolysis) is 1. The molecule has 1 saturated carbocycles. The van der Waals surface area contributed by atoms with Crippen molar-refractivity contribution < 1.29 is 114 Å². The van der Waals surface area contributed by atoms with Gasteiger partial charge in [0.2, 0.25) is 48.3 Å². The number of hydrogen-bond acceptors (Lipinski definition) is 24. The number of carbonyl (C=O) groups is 12. The van der Waals surface area contributed by atoms with Crippen molar-refractivity contribution >= 4 is 71.6 Å². The van der Waals surface area contributed by atoms with Gasteiger partial charge in [0.1, 0.15) is 24.5 Å². The van der Waals surface area contributed by atoms with E-state index in [1.807, 2.05) is 0 Å². The van der Waals surface area contributed by atoms with Crippen LogP contribution in [0, 0.1) is 11.8 Å². The predicted molar refractivity (Wildman–Crippen MR) is 408 cm³/mol. The van der Waals surface area contributed by atoms with E-state index in [0.717, 1.165) is 0 Å². The van der Waals surface area contributed by atoms with Crippen LogP contribution in [0.4, 0.5) is 4.79 Å². The average Bonchev–Trinajstić information content (AvgIpc) is 1.53. The van der Waals surface area contributed by atoms with Crippen molar-refractivity contribution in [2.75, 3.05) is 33.4 Å². The van der Waals surface area contributed by atoms with Gasteiger partial charge in [0.05, 0.1) is 44.5 Å². The van der Waals surface area contributed by atoms with Crippen LogP contribution in [0.2, 0.25) is 0 Å². The van der Waals surface area contributed by atoms with Crippen LogP contribution in [-0.2, 0) is 71.2 Å². The Kier molecular flexibility index (Phi) is 30.0. The zero-order chi connectivity index (χ0) is 80.9. The molecule has 1 aliphatic carbocycles. The smallest absolute Gasteiger partial charge is 0.410 e. The fraction of sp³-hybridized carbons (Fsp3) is 0.310. The molecule has 3 aliphatic rings. The maximum Gasteiger partial charge on any atom is 0.410 e. The van der Waals surface area contributed by atoms with Gasteiger partial charge in [0, 0.05) is 39.6 Å². The van der Waals surface area contributed by atoms with E-state index in [0.29, 0.717) is 19.3 Å². The summed E-state index contributed by atoms with van der Waals surface area (Å²) in [6.45, 7) is -0.401. The largest absolute Gasteiger partial charge is 0.461 e. The molecule has 12 atom stereocenters. The van der Waals surface area contributed by atoms with E-state index in [1.54, 1.807) is 146 Å². The number of nitrogens with one attached hydrogen (secondary N) is 4.